The van der Waals surface area contributed by atoms with Crippen molar-refractivity contribution < 1.29 is 4.79 Å². The molecule has 13 heavy (non-hydrogen) atoms. The van der Waals surface area contributed by atoms with Crippen LogP contribution in [0.25, 0.3) is 0 Å². The van der Waals surface area contributed by atoms with Gasteiger partial charge in [-0.25, -0.2) is 0 Å². The molecule has 1 aliphatic rings. The van der Waals surface area contributed by atoms with E-state index >= 15 is 0 Å². The number of nitrogens with two attached hydrogens (primary N) is 3. The molecular weight excluding hydrogens is 170 g/mol. The minimum absolute atomic E-state index is 0.0261. The Kier molecular flexibility index (Phi) is 2.94. The quantitative estimate of drug-likeness (QED) is 0.197. The Bertz CT molecular complexity index is 219. The summed E-state index contributed by atoms with van der Waals surface area (Å²) in [4.78, 5) is 12.7. The lowest BCUT2D eigenvalue weighted by atomic mass is 9.96. The number of primary amides is 1. The van der Waals surface area contributed by atoms with Gasteiger partial charge in [-0.2, -0.15) is 0 Å². The van der Waals surface area contributed by atoms with Crippen LogP contribution < -0.4 is 17.3 Å². The number of hydrazone groups is 1. The molecule has 1 fully saturated rings. The van der Waals surface area contributed by atoms with Gasteiger partial charge in [0, 0.05) is 19.0 Å². The van der Waals surface area contributed by atoms with Crippen LogP contribution in [0.5, 0.6) is 0 Å². The molecule has 0 radical (unpaired) electrons. The van der Waals surface area contributed by atoms with Gasteiger partial charge in [0.2, 0.25) is 11.9 Å². The molecule has 0 unspecified atom stereocenters. The smallest absolute Gasteiger partial charge is 0.220 e. The highest BCUT2D eigenvalue weighted by molar-refractivity contribution is 5.79. The molecular formula is C7H15N5O. The molecule has 6 heteroatoms. The second-order valence-corrected chi connectivity index (χ2v) is 3.15. The second kappa shape index (κ2) is 3.97. The molecule has 1 saturated heterocycles. The number of hydrogen-bond acceptors (Lipinski definition) is 3. The normalized spacial score (nSPS) is 20.3. The van der Waals surface area contributed by atoms with Crippen molar-refractivity contribution in [3.05, 3.63) is 0 Å². The van der Waals surface area contributed by atoms with E-state index in [2.05, 4.69) is 5.10 Å². The monoisotopic (exact) mass is 185 g/mol. The number of likely N-dealkylation sites (tertiary alicyclic amines) is 1. The van der Waals surface area contributed by atoms with Gasteiger partial charge in [-0.1, -0.05) is 0 Å². The van der Waals surface area contributed by atoms with E-state index in [-0.39, 0.29) is 11.8 Å². The van der Waals surface area contributed by atoms with E-state index in [0.29, 0.717) is 19.0 Å². The van der Waals surface area contributed by atoms with Crippen LogP contribution in [-0.4, -0.2) is 29.9 Å². The van der Waals surface area contributed by atoms with Crippen LogP contribution in [0.2, 0.25) is 0 Å². The van der Waals surface area contributed by atoms with Gasteiger partial charge < -0.3 is 22.2 Å². The summed E-state index contributed by atoms with van der Waals surface area (Å²) in [5, 5.41) is 3.39. The topological polar surface area (TPSA) is 111 Å². The minimum Gasteiger partial charge on any atom is -0.369 e. The van der Waals surface area contributed by atoms with Crippen molar-refractivity contribution >= 4 is 11.9 Å². The second-order valence-electron chi connectivity index (χ2n) is 3.15. The Hall–Kier alpha value is -1.46. The van der Waals surface area contributed by atoms with Crippen LogP contribution in [0.4, 0.5) is 0 Å². The Morgan fingerprint density at radius 3 is 2.23 bits per heavy atom. The van der Waals surface area contributed by atoms with Crippen molar-refractivity contribution in [3.8, 4) is 0 Å². The molecule has 0 aliphatic carbocycles. The first-order valence-electron chi connectivity index (χ1n) is 4.22. The molecule has 0 aromatic heterocycles. The number of carbonyl (C=O) groups is 1. The van der Waals surface area contributed by atoms with Crippen molar-refractivity contribution in [1.29, 1.82) is 0 Å². The first kappa shape index (κ1) is 9.63. The highest BCUT2D eigenvalue weighted by Gasteiger charge is 2.23. The Balaban J connectivity index is 2.43. The van der Waals surface area contributed by atoms with E-state index in [1.165, 1.54) is 0 Å². The molecule has 0 bridgehead atoms. The zero-order valence-corrected chi connectivity index (χ0v) is 7.44. The number of nitrogens with zero attached hydrogens (tertiary/aromatic N) is 2. The van der Waals surface area contributed by atoms with Crippen LogP contribution in [-0.2, 0) is 4.79 Å². The third kappa shape index (κ3) is 2.24. The van der Waals surface area contributed by atoms with Gasteiger partial charge in [-0.15, -0.1) is 5.10 Å². The van der Waals surface area contributed by atoms with Crippen LogP contribution >= 0.6 is 0 Å². The maximum Gasteiger partial charge on any atom is 0.220 e. The van der Waals surface area contributed by atoms with Gasteiger partial charge in [0.1, 0.15) is 0 Å². The fraction of sp³-hybridized carbons (Fsp3) is 0.714. The van der Waals surface area contributed by atoms with Crippen LogP contribution in [0, 0.1) is 5.92 Å². The zero-order valence-electron chi connectivity index (χ0n) is 7.44. The Labute approximate surface area is 76.7 Å². The number of carbonyl (C=O) groups excluding carboxylic acids is 1. The highest BCUT2D eigenvalue weighted by atomic mass is 16.1. The number of hydrogen-bond donors (Lipinski definition) is 3. The van der Waals surface area contributed by atoms with Crippen LogP contribution in [0.1, 0.15) is 12.8 Å². The zero-order chi connectivity index (χ0) is 9.84. The summed E-state index contributed by atoms with van der Waals surface area (Å²) in [5.41, 5.74) is 10.7. The van der Waals surface area contributed by atoms with Crippen molar-refractivity contribution in [1.82, 2.24) is 4.90 Å². The Morgan fingerprint density at radius 2 is 1.85 bits per heavy atom. The minimum atomic E-state index is -0.233. The van der Waals surface area contributed by atoms with Crippen molar-refractivity contribution in [2.24, 2.45) is 28.3 Å². The molecule has 1 rings (SSSR count). The van der Waals surface area contributed by atoms with Gasteiger partial charge in [-0.05, 0) is 12.8 Å². The summed E-state index contributed by atoms with van der Waals surface area (Å²) >= 11 is 0. The molecule has 6 N–H and O–H groups in total. The maximum absolute atomic E-state index is 10.8. The fourth-order valence-electron chi connectivity index (χ4n) is 1.47. The van der Waals surface area contributed by atoms with E-state index in [1.54, 1.807) is 0 Å². The number of piperidine rings is 1. The van der Waals surface area contributed by atoms with Gasteiger partial charge in [0.05, 0.1) is 0 Å². The predicted molar refractivity (Wildman–Crippen MR) is 49.3 cm³/mol. The van der Waals surface area contributed by atoms with Crippen LogP contribution in [0.3, 0.4) is 0 Å². The average Bonchev–Trinajstić information content (AvgIpc) is 2.17. The molecule has 6 nitrogen and oxygen atoms in total. The molecule has 0 spiro atoms. The van der Waals surface area contributed by atoms with E-state index in [4.69, 9.17) is 17.3 Å². The third-order valence-electron chi connectivity index (χ3n) is 2.35. The molecule has 74 valence electrons. The molecule has 0 aromatic rings. The van der Waals surface area contributed by atoms with Gasteiger partial charge in [0.25, 0.3) is 0 Å². The lowest BCUT2D eigenvalue weighted by Crippen LogP contribution is -2.45. The van der Waals surface area contributed by atoms with E-state index in [0.717, 1.165) is 12.8 Å². The summed E-state index contributed by atoms with van der Waals surface area (Å²) in [6, 6.07) is 0. The summed E-state index contributed by atoms with van der Waals surface area (Å²) in [7, 11) is 0. The molecule has 0 aromatic carbocycles. The average molecular weight is 185 g/mol. The standard InChI is InChI=1S/C7H15N5O/c8-6(13)5-1-3-12(4-2-5)7(9)11-10/h5H,1-4,10H2,(H2,8,13)(H2,9,11). The lowest BCUT2D eigenvalue weighted by Gasteiger charge is -2.30. The Morgan fingerprint density at radius 1 is 1.31 bits per heavy atom. The fourth-order valence-corrected chi connectivity index (χ4v) is 1.47. The predicted octanol–water partition coefficient (Wildman–Crippen LogP) is -1.63. The van der Waals surface area contributed by atoms with Crippen molar-refractivity contribution in [3.63, 3.8) is 0 Å². The van der Waals surface area contributed by atoms with E-state index in [1.807, 2.05) is 4.90 Å². The van der Waals surface area contributed by atoms with Gasteiger partial charge in [-0.3, -0.25) is 4.79 Å². The van der Waals surface area contributed by atoms with E-state index in [9.17, 15) is 4.79 Å². The molecule has 0 saturated carbocycles. The number of guanidine groups is 1. The van der Waals surface area contributed by atoms with Gasteiger partial charge in [0.15, 0.2) is 0 Å². The summed E-state index contributed by atoms with van der Waals surface area (Å²) in [6.45, 7) is 1.39. The molecule has 1 amide bonds. The van der Waals surface area contributed by atoms with Crippen LogP contribution in [0.15, 0.2) is 5.10 Å². The number of rotatable bonds is 1. The summed E-state index contributed by atoms with van der Waals surface area (Å²) < 4.78 is 0. The lowest BCUT2D eigenvalue weighted by molar-refractivity contribution is -0.122. The number of amides is 1. The maximum atomic E-state index is 10.8. The first-order valence-corrected chi connectivity index (χ1v) is 4.22. The largest absolute Gasteiger partial charge is 0.369 e. The van der Waals surface area contributed by atoms with Crippen molar-refractivity contribution in [2.75, 3.05) is 13.1 Å². The third-order valence-corrected chi connectivity index (χ3v) is 2.35. The summed E-state index contributed by atoms with van der Waals surface area (Å²) in [6.07, 6.45) is 1.46. The molecule has 0 atom stereocenters. The first-order chi connectivity index (χ1) is 6.15. The SMILES string of the molecule is NN=C(N)N1CCC(C(N)=O)CC1. The van der Waals surface area contributed by atoms with E-state index < -0.39 is 0 Å². The molecule has 1 aliphatic heterocycles. The van der Waals surface area contributed by atoms with Crippen molar-refractivity contribution in [2.45, 2.75) is 12.8 Å². The van der Waals surface area contributed by atoms with Gasteiger partial charge >= 0.3 is 0 Å². The highest BCUT2D eigenvalue weighted by Crippen LogP contribution is 2.15. The summed E-state index contributed by atoms with van der Waals surface area (Å²) in [5.74, 6) is 5.09. The molecule has 1 heterocycles.